The number of azide groups is 1. The summed E-state index contributed by atoms with van der Waals surface area (Å²) < 4.78 is 11.1. The Labute approximate surface area is 358 Å². The number of nitrogens with zero attached hydrogens (tertiary/aromatic N) is 6. The molecular formula is C43H66N8O8S. The second-order valence-corrected chi connectivity index (χ2v) is 17.1. The fraction of sp³-hybridized carbons (Fsp3) is 0.674. The Balaban J connectivity index is 1.73. The van der Waals surface area contributed by atoms with Crippen molar-refractivity contribution in [2.75, 3.05) is 45.7 Å². The Hall–Kier alpha value is -4.57. The first-order valence-electron chi connectivity index (χ1n) is 21.2. The van der Waals surface area contributed by atoms with Gasteiger partial charge in [-0.2, -0.15) is 0 Å². The second kappa shape index (κ2) is 25.3. The number of carbonyl (C=O) groups is 5. The van der Waals surface area contributed by atoms with E-state index in [1.54, 1.807) is 29.5 Å². The topological polar surface area (TPSA) is 216 Å². The van der Waals surface area contributed by atoms with Crippen LogP contribution in [0.4, 0.5) is 5.69 Å². The summed E-state index contributed by atoms with van der Waals surface area (Å²) in [5, 5.41) is 21.7. The summed E-state index contributed by atoms with van der Waals surface area (Å²) in [6.07, 6.45) is 5.10. The van der Waals surface area contributed by atoms with E-state index in [2.05, 4.69) is 30.5 Å². The van der Waals surface area contributed by atoms with Crippen LogP contribution in [-0.2, 0) is 35.1 Å². The predicted molar refractivity (Wildman–Crippen MR) is 232 cm³/mol. The largest absolute Gasteiger partial charge is 0.506 e. The zero-order valence-corrected chi connectivity index (χ0v) is 37.5. The summed E-state index contributed by atoms with van der Waals surface area (Å²) in [5.74, 6) is -1.91. The van der Waals surface area contributed by atoms with Gasteiger partial charge in [-0.05, 0) is 74.3 Å². The second-order valence-electron chi connectivity index (χ2n) is 16.2. The highest BCUT2D eigenvalue weighted by molar-refractivity contribution is 7.09. The van der Waals surface area contributed by atoms with Crippen LogP contribution in [0.2, 0.25) is 0 Å². The summed E-state index contributed by atoms with van der Waals surface area (Å²) >= 11 is 1.21. The first-order valence-corrected chi connectivity index (χ1v) is 22.1. The molecule has 332 valence electrons. The van der Waals surface area contributed by atoms with Gasteiger partial charge in [0.25, 0.3) is 5.91 Å². The number of hydrogen-bond donors (Lipinski definition) is 3. The number of carbonyl (C=O) groups excluding carboxylic acids is 5. The lowest BCUT2D eigenvalue weighted by atomic mass is 9.83. The maximum Gasteiger partial charge on any atom is 0.303 e. The molecule has 0 radical (unpaired) electrons. The molecule has 0 saturated carbocycles. The third kappa shape index (κ3) is 15.5. The molecule has 3 amide bonds. The van der Waals surface area contributed by atoms with Crippen LogP contribution in [0, 0.1) is 17.8 Å². The molecular weight excluding hydrogens is 789 g/mol. The van der Waals surface area contributed by atoms with Crippen molar-refractivity contribution in [2.45, 2.75) is 130 Å². The van der Waals surface area contributed by atoms with Crippen molar-refractivity contribution in [3.63, 3.8) is 0 Å². The lowest BCUT2D eigenvalue weighted by molar-refractivity contribution is -0.149. The number of ether oxygens (including phenoxy) is 2. The number of aromatic hydroxyl groups is 1. The minimum Gasteiger partial charge on any atom is -0.506 e. The van der Waals surface area contributed by atoms with Crippen molar-refractivity contribution in [2.24, 2.45) is 22.9 Å². The highest BCUT2D eigenvalue weighted by Crippen LogP contribution is 2.33. The van der Waals surface area contributed by atoms with E-state index in [1.807, 2.05) is 41.7 Å². The molecule has 1 saturated heterocycles. The Morgan fingerprint density at radius 2 is 1.90 bits per heavy atom. The van der Waals surface area contributed by atoms with Gasteiger partial charge in [0.15, 0.2) is 11.9 Å². The van der Waals surface area contributed by atoms with E-state index in [9.17, 15) is 29.1 Å². The number of hydrogen-bond acceptors (Lipinski definition) is 12. The third-order valence-corrected chi connectivity index (χ3v) is 12.2. The predicted octanol–water partition coefficient (Wildman–Crippen LogP) is 7.23. The first kappa shape index (κ1) is 49.8. The van der Waals surface area contributed by atoms with E-state index < -0.39 is 23.9 Å². The van der Waals surface area contributed by atoms with Crippen molar-refractivity contribution in [3.05, 3.63) is 50.3 Å². The van der Waals surface area contributed by atoms with Crippen molar-refractivity contribution >= 4 is 46.5 Å². The van der Waals surface area contributed by atoms with E-state index in [1.165, 1.54) is 24.3 Å². The molecule has 3 N–H and O–H groups in total. The zero-order valence-electron chi connectivity index (χ0n) is 36.6. The number of aromatic nitrogens is 1. The van der Waals surface area contributed by atoms with Crippen molar-refractivity contribution in [3.8, 4) is 5.75 Å². The number of piperidine rings is 1. The third-order valence-electron chi connectivity index (χ3n) is 11.3. The van der Waals surface area contributed by atoms with Crippen LogP contribution in [0.5, 0.6) is 5.75 Å². The zero-order chi connectivity index (χ0) is 44.4. The summed E-state index contributed by atoms with van der Waals surface area (Å²) in [6.45, 7) is 12.7. The Morgan fingerprint density at radius 3 is 2.55 bits per heavy atom. The van der Waals surface area contributed by atoms with Crippen LogP contribution >= 0.6 is 11.3 Å². The number of phenols is 1. The molecule has 0 bridgehead atoms. The van der Waals surface area contributed by atoms with Gasteiger partial charge in [-0.25, -0.2) is 4.98 Å². The highest BCUT2D eigenvalue weighted by Gasteiger charge is 2.37. The highest BCUT2D eigenvalue weighted by atomic mass is 32.1. The summed E-state index contributed by atoms with van der Waals surface area (Å²) in [4.78, 5) is 77.6. The van der Waals surface area contributed by atoms with Crippen LogP contribution in [0.15, 0.2) is 28.7 Å². The molecule has 1 aliphatic rings. The van der Waals surface area contributed by atoms with Crippen molar-refractivity contribution < 1.29 is 38.6 Å². The molecule has 0 unspecified atom stereocenters. The van der Waals surface area contributed by atoms with Gasteiger partial charge in [0, 0.05) is 61.7 Å². The van der Waals surface area contributed by atoms with Gasteiger partial charge in [0.05, 0.1) is 31.4 Å². The fourth-order valence-corrected chi connectivity index (χ4v) is 8.51. The number of benzene rings is 1. The molecule has 60 heavy (non-hydrogen) atoms. The maximum absolute atomic E-state index is 14.3. The smallest absolute Gasteiger partial charge is 0.303 e. The molecule has 3 rings (SSSR count). The van der Waals surface area contributed by atoms with E-state index in [4.69, 9.17) is 15.0 Å². The van der Waals surface area contributed by atoms with Gasteiger partial charge in [0.2, 0.25) is 11.8 Å². The average Bonchev–Trinajstić information content (AvgIpc) is 3.71. The Kier molecular flexibility index (Phi) is 21.0. The maximum atomic E-state index is 14.3. The van der Waals surface area contributed by atoms with Crippen LogP contribution in [-0.4, -0.2) is 108 Å². The van der Waals surface area contributed by atoms with Gasteiger partial charge in [-0.1, -0.05) is 65.1 Å². The number of likely N-dealkylation sites (tertiary alicyclic amines) is 1. The molecule has 0 aliphatic carbocycles. The van der Waals surface area contributed by atoms with E-state index >= 15 is 0 Å². The van der Waals surface area contributed by atoms with E-state index in [-0.39, 0.29) is 104 Å². The van der Waals surface area contributed by atoms with Crippen LogP contribution in [0.1, 0.15) is 126 Å². The normalized spacial score (nSPS) is 16.8. The minimum atomic E-state index is -0.822. The SMILES string of the molecule is CCC[C@H](Cc1ccc(O)c(NC(=O)CCOCCN=[N+]=[N-])c1)NC(=O)c1csc([C@@H](C[C@H](C(C)C)N(C)C(=O)[C@H](CC(=O)[C@H]2CCCCN2C)[C@@H](C)CC)OC(C)=O)n1. The quantitative estimate of drug-likeness (QED) is 0.0227. The van der Waals surface area contributed by atoms with Crippen LogP contribution < -0.4 is 10.6 Å². The molecule has 1 aromatic carbocycles. The van der Waals surface area contributed by atoms with Crippen molar-refractivity contribution in [1.29, 1.82) is 0 Å². The number of esters is 1. The number of nitrogens with one attached hydrogen (secondary N) is 2. The fourth-order valence-electron chi connectivity index (χ4n) is 7.67. The number of thiazole rings is 1. The number of amides is 3. The number of rotatable bonds is 25. The monoisotopic (exact) mass is 854 g/mol. The van der Waals surface area contributed by atoms with Crippen LogP contribution in [0.25, 0.3) is 10.4 Å². The molecule has 6 atom stereocenters. The van der Waals surface area contributed by atoms with Crippen LogP contribution in [0.3, 0.4) is 0 Å². The average molecular weight is 855 g/mol. The number of phenolic OH excluding ortho intramolecular Hbond substituents is 1. The Morgan fingerprint density at radius 1 is 1.15 bits per heavy atom. The van der Waals surface area contributed by atoms with E-state index in [0.29, 0.717) is 17.8 Å². The molecule has 2 heterocycles. The molecule has 1 aliphatic heterocycles. The molecule has 0 spiro atoms. The number of anilines is 1. The molecule has 16 nitrogen and oxygen atoms in total. The van der Waals surface area contributed by atoms with Gasteiger partial charge < -0.3 is 30.1 Å². The lowest BCUT2D eigenvalue weighted by Gasteiger charge is -2.37. The molecule has 1 aromatic heterocycles. The summed E-state index contributed by atoms with van der Waals surface area (Å²) in [6, 6.07) is 4.05. The Bertz CT molecular complexity index is 1780. The summed E-state index contributed by atoms with van der Waals surface area (Å²) in [5.41, 5.74) is 9.53. The number of ketones is 1. The van der Waals surface area contributed by atoms with Crippen molar-refractivity contribution in [1.82, 2.24) is 20.1 Å². The molecule has 1 fully saturated rings. The minimum absolute atomic E-state index is 0.0114. The number of likely N-dealkylation sites (N-methyl/N-ethyl adjacent to an activating group) is 1. The van der Waals surface area contributed by atoms with E-state index in [0.717, 1.165) is 44.2 Å². The van der Waals surface area contributed by atoms with Gasteiger partial charge >= 0.3 is 5.97 Å². The van der Waals surface area contributed by atoms with Gasteiger partial charge in [-0.3, -0.25) is 28.9 Å². The lowest BCUT2D eigenvalue weighted by Crippen LogP contribution is -2.48. The first-order chi connectivity index (χ1) is 28.6. The molecule has 2 aromatic rings. The standard InChI is InChI=1S/C43H66N8O8S/c1-9-13-31(22-30-15-16-37(53)33(23-30)47-40(55)17-20-58-21-18-45-49-44)46-41(56)34-26-60-42(48-34)39(59-29(6)52)25-36(27(3)4)51(8)43(57)32(28(5)10-2)24-38(54)35-14-11-12-19-50(35)7/h15-16,23,26-28,31-32,35-36,39,53H,9-14,17-22,24-25H2,1-8H3,(H,46,56)(H,47,55)/t28-,31+,32+,35+,36+,39+/m0/s1. The van der Waals surface area contributed by atoms with Gasteiger partial charge in [-0.15, -0.1) is 11.3 Å². The summed E-state index contributed by atoms with van der Waals surface area (Å²) in [7, 11) is 3.74. The molecule has 17 heteroatoms. The van der Waals surface area contributed by atoms with Gasteiger partial charge in [0.1, 0.15) is 16.5 Å². The number of Topliss-reactive ketones (excluding diaryl/α,β-unsaturated/α-hetero) is 1.